The standard InChI is InChI=1S/C17H16F2N2O2/c18-12-5-8-15(14(19)10-12)20-17(23)21-9-1-2-16(21)11-3-6-13(22)7-4-11/h3-8,10,16,22H,1-2,9H2,(H,20,23)/t16-/m1/s1. The summed E-state index contributed by atoms with van der Waals surface area (Å²) in [6.45, 7) is 0.556. The van der Waals surface area contributed by atoms with E-state index in [9.17, 15) is 18.7 Å². The fraction of sp³-hybridized carbons (Fsp3) is 0.235. The molecular weight excluding hydrogens is 302 g/mol. The number of phenolic OH excluding ortho intramolecular Hbond substituents is 1. The fourth-order valence-electron chi connectivity index (χ4n) is 2.83. The van der Waals surface area contributed by atoms with Gasteiger partial charge >= 0.3 is 6.03 Å². The molecule has 6 heteroatoms. The Labute approximate surface area is 132 Å². The Bertz CT molecular complexity index is 719. The monoisotopic (exact) mass is 318 g/mol. The number of benzene rings is 2. The molecule has 120 valence electrons. The van der Waals surface area contributed by atoms with Gasteiger partial charge in [-0.1, -0.05) is 12.1 Å². The molecule has 1 aliphatic rings. The summed E-state index contributed by atoms with van der Waals surface area (Å²) in [6.07, 6.45) is 1.63. The van der Waals surface area contributed by atoms with E-state index >= 15 is 0 Å². The molecule has 1 fully saturated rings. The minimum absolute atomic E-state index is 0.0484. The summed E-state index contributed by atoms with van der Waals surface area (Å²) in [5, 5.41) is 11.8. The quantitative estimate of drug-likeness (QED) is 0.878. The summed E-state index contributed by atoms with van der Waals surface area (Å²) < 4.78 is 26.6. The van der Waals surface area contributed by atoms with Gasteiger partial charge in [0.2, 0.25) is 0 Å². The number of aromatic hydroxyl groups is 1. The van der Waals surface area contributed by atoms with Crippen LogP contribution in [-0.4, -0.2) is 22.6 Å². The van der Waals surface area contributed by atoms with Gasteiger partial charge in [-0.15, -0.1) is 0 Å². The van der Waals surface area contributed by atoms with Crippen LogP contribution in [0.4, 0.5) is 19.3 Å². The minimum Gasteiger partial charge on any atom is -0.508 e. The maximum atomic E-state index is 13.7. The molecule has 4 nitrogen and oxygen atoms in total. The van der Waals surface area contributed by atoms with Crippen LogP contribution >= 0.6 is 0 Å². The molecule has 0 unspecified atom stereocenters. The van der Waals surface area contributed by atoms with Crippen LogP contribution in [0, 0.1) is 11.6 Å². The number of urea groups is 1. The average Bonchev–Trinajstić information content (AvgIpc) is 3.00. The first-order chi connectivity index (χ1) is 11.0. The first kappa shape index (κ1) is 15.3. The number of halogens is 2. The number of carbonyl (C=O) groups excluding carboxylic acids is 1. The predicted molar refractivity (Wildman–Crippen MR) is 82.2 cm³/mol. The summed E-state index contributed by atoms with van der Waals surface area (Å²) in [5.41, 5.74) is 0.864. The third-order valence-electron chi connectivity index (χ3n) is 3.96. The highest BCUT2D eigenvalue weighted by Gasteiger charge is 2.30. The van der Waals surface area contributed by atoms with Gasteiger partial charge in [-0.05, 0) is 42.7 Å². The van der Waals surface area contributed by atoms with Gasteiger partial charge in [0.1, 0.15) is 17.4 Å². The molecule has 2 aromatic carbocycles. The van der Waals surface area contributed by atoms with Gasteiger partial charge in [0.25, 0.3) is 0 Å². The molecule has 2 amide bonds. The topological polar surface area (TPSA) is 52.6 Å². The molecule has 0 spiro atoms. The zero-order valence-electron chi connectivity index (χ0n) is 12.3. The first-order valence-electron chi connectivity index (χ1n) is 7.36. The normalized spacial score (nSPS) is 17.3. The van der Waals surface area contributed by atoms with Crippen molar-refractivity contribution in [3.05, 3.63) is 59.7 Å². The molecule has 1 atom stereocenters. The van der Waals surface area contributed by atoms with E-state index in [0.717, 1.165) is 30.5 Å². The fourth-order valence-corrected chi connectivity index (χ4v) is 2.83. The molecule has 1 heterocycles. The van der Waals surface area contributed by atoms with E-state index in [1.807, 2.05) is 0 Å². The van der Waals surface area contributed by atoms with Crippen molar-refractivity contribution in [2.24, 2.45) is 0 Å². The summed E-state index contributed by atoms with van der Waals surface area (Å²) >= 11 is 0. The number of nitrogens with zero attached hydrogens (tertiary/aromatic N) is 1. The largest absolute Gasteiger partial charge is 0.508 e. The zero-order chi connectivity index (χ0) is 16.4. The predicted octanol–water partition coefficient (Wildman–Crippen LogP) is 4.04. The van der Waals surface area contributed by atoms with Crippen molar-refractivity contribution in [1.82, 2.24) is 4.90 Å². The molecule has 2 aromatic rings. The Morgan fingerprint density at radius 3 is 2.61 bits per heavy atom. The second-order valence-electron chi connectivity index (χ2n) is 5.50. The van der Waals surface area contributed by atoms with E-state index in [0.29, 0.717) is 6.54 Å². The van der Waals surface area contributed by atoms with E-state index in [1.54, 1.807) is 29.2 Å². The minimum atomic E-state index is -0.807. The third kappa shape index (κ3) is 3.26. The SMILES string of the molecule is O=C(Nc1ccc(F)cc1F)N1CCC[C@@H]1c1ccc(O)cc1. The lowest BCUT2D eigenvalue weighted by Crippen LogP contribution is -2.34. The Balaban J connectivity index is 1.76. The Morgan fingerprint density at radius 2 is 1.91 bits per heavy atom. The van der Waals surface area contributed by atoms with Gasteiger partial charge < -0.3 is 15.3 Å². The van der Waals surface area contributed by atoms with Crippen molar-refractivity contribution in [2.45, 2.75) is 18.9 Å². The van der Waals surface area contributed by atoms with Crippen LogP contribution < -0.4 is 5.32 Å². The molecule has 23 heavy (non-hydrogen) atoms. The van der Waals surface area contributed by atoms with Crippen LogP contribution in [0.1, 0.15) is 24.4 Å². The van der Waals surface area contributed by atoms with Gasteiger partial charge in [0.05, 0.1) is 11.7 Å². The van der Waals surface area contributed by atoms with Crippen LogP contribution in [0.2, 0.25) is 0 Å². The molecule has 0 bridgehead atoms. The van der Waals surface area contributed by atoms with Gasteiger partial charge in [0, 0.05) is 12.6 Å². The van der Waals surface area contributed by atoms with Crippen LogP contribution in [0.5, 0.6) is 5.75 Å². The number of nitrogens with one attached hydrogen (secondary N) is 1. The molecule has 1 saturated heterocycles. The van der Waals surface area contributed by atoms with Crippen LogP contribution in [-0.2, 0) is 0 Å². The molecular formula is C17H16F2N2O2. The van der Waals surface area contributed by atoms with Crippen molar-refractivity contribution >= 4 is 11.7 Å². The average molecular weight is 318 g/mol. The Morgan fingerprint density at radius 1 is 1.17 bits per heavy atom. The third-order valence-corrected chi connectivity index (χ3v) is 3.96. The number of rotatable bonds is 2. The molecule has 0 aromatic heterocycles. The molecule has 0 saturated carbocycles. The van der Waals surface area contributed by atoms with E-state index < -0.39 is 17.7 Å². The number of likely N-dealkylation sites (tertiary alicyclic amines) is 1. The maximum Gasteiger partial charge on any atom is 0.322 e. The molecule has 0 radical (unpaired) electrons. The van der Waals surface area contributed by atoms with Gasteiger partial charge in [-0.2, -0.15) is 0 Å². The van der Waals surface area contributed by atoms with Crippen molar-refractivity contribution in [1.29, 1.82) is 0 Å². The summed E-state index contributed by atoms with van der Waals surface area (Å²) in [6, 6.07) is 9.16. The first-order valence-corrected chi connectivity index (χ1v) is 7.36. The zero-order valence-corrected chi connectivity index (χ0v) is 12.3. The lowest BCUT2D eigenvalue weighted by atomic mass is 10.0. The number of hydrogen-bond donors (Lipinski definition) is 2. The second kappa shape index (κ2) is 6.24. The number of hydrogen-bond acceptors (Lipinski definition) is 2. The lowest BCUT2D eigenvalue weighted by molar-refractivity contribution is 0.207. The van der Waals surface area contributed by atoms with Crippen molar-refractivity contribution in [3.8, 4) is 5.75 Å². The van der Waals surface area contributed by atoms with Gasteiger partial charge in [0.15, 0.2) is 0 Å². The number of phenols is 1. The van der Waals surface area contributed by atoms with Crippen molar-refractivity contribution in [3.63, 3.8) is 0 Å². The highest BCUT2D eigenvalue weighted by atomic mass is 19.1. The van der Waals surface area contributed by atoms with E-state index in [-0.39, 0.29) is 17.5 Å². The number of amides is 2. The van der Waals surface area contributed by atoms with Crippen molar-refractivity contribution < 1.29 is 18.7 Å². The highest BCUT2D eigenvalue weighted by Crippen LogP contribution is 2.33. The van der Waals surface area contributed by atoms with Crippen LogP contribution in [0.3, 0.4) is 0 Å². The smallest absolute Gasteiger partial charge is 0.322 e. The summed E-state index contributed by atoms with van der Waals surface area (Å²) in [4.78, 5) is 14.0. The Hall–Kier alpha value is -2.63. The molecule has 2 N–H and O–H groups in total. The summed E-state index contributed by atoms with van der Waals surface area (Å²) in [7, 11) is 0. The molecule has 0 aliphatic carbocycles. The maximum absolute atomic E-state index is 13.7. The summed E-state index contributed by atoms with van der Waals surface area (Å²) in [5.74, 6) is -1.33. The van der Waals surface area contributed by atoms with E-state index in [1.165, 1.54) is 6.07 Å². The number of carbonyl (C=O) groups is 1. The van der Waals surface area contributed by atoms with Crippen LogP contribution in [0.15, 0.2) is 42.5 Å². The van der Waals surface area contributed by atoms with E-state index in [2.05, 4.69) is 5.32 Å². The second-order valence-corrected chi connectivity index (χ2v) is 5.50. The lowest BCUT2D eigenvalue weighted by Gasteiger charge is -2.25. The Kier molecular flexibility index (Phi) is 4.14. The molecule has 1 aliphatic heterocycles. The number of anilines is 1. The van der Waals surface area contributed by atoms with Crippen molar-refractivity contribution in [2.75, 3.05) is 11.9 Å². The van der Waals surface area contributed by atoms with Crippen LogP contribution in [0.25, 0.3) is 0 Å². The molecule has 3 rings (SSSR count). The van der Waals surface area contributed by atoms with Gasteiger partial charge in [-0.25, -0.2) is 13.6 Å². The highest BCUT2D eigenvalue weighted by molar-refractivity contribution is 5.90. The van der Waals surface area contributed by atoms with Gasteiger partial charge in [-0.3, -0.25) is 0 Å². The van der Waals surface area contributed by atoms with E-state index in [4.69, 9.17) is 0 Å².